The predicted octanol–water partition coefficient (Wildman–Crippen LogP) is -0.208. The zero-order valence-corrected chi connectivity index (χ0v) is 10.2. The van der Waals surface area contributed by atoms with Gasteiger partial charge in [0.1, 0.15) is 12.3 Å². The molecule has 0 saturated heterocycles. The Morgan fingerprint density at radius 1 is 1.65 bits per heavy atom. The van der Waals surface area contributed by atoms with E-state index in [1.54, 1.807) is 13.3 Å². The summed E-state index contributed by atoms with van der Waals surface area (Å²) in [5.74, 6) is 7.22. The first-order chi connectivity index (χ1) is 8.30. The van der Waals surface area contributed by atoms with Gasteiger partial charge in [-0.15, -0.1) is 0 Å². The van der Waals surface area contributed by atoms with Crippen LogP contribution in [-0.2, 0) is 17.7 Å². The molecule has 0 aliphatic rings. The van der Waals surface area contributed by atoms with Gasteiger partial charge in [0, 0.05) is 20.1 Å². The van der Waals surface area contributed by atoms with Gasteiger partial charge in [-0.2, -0.15) is 0 Å². The van der Waals surface area contributed by atoms with Crippen LogP contribution < -0.4 is 16.6 Å². The van der Waals surface area contributed by atoms with Crippen LogP contribution in [0, 0.1) is 0 Å². The van der Waals surface area contributed by atoms with E-state index in [-0.39, 0.29) is 0 Å². The summed E-state index contributed by atoms with van der Waals surface area (Å²) >= 11 is 0. The lowest BCUT2D eigenvalue weighted by Gasteiger charge is -2.07. The highest BCUT2D eigenvalue weighted by atomic mass is 16.5. The monoisotopic (exact) mass is 241 g/mol. The number of aromatic nitrogens is 1. The van der Waals surface area contributed by atoms with Crippen LogP contribution >= 0.6 is 0 Å². The van der Waals surface area contributed by atoms with E-state index in [1.807, 2.05) is 6.92 Å². The second-order valence-electron chi connectivity index (χ2n) is 3.30. The molecule has 0 radical (unpaired) electrons. The van der Waals surface area contributed by atoms with E-state index in [4.69, 9.17) is 15.0 Å². The second kappa shape index (κ2) is 7.64. The summed E-state index contributed by atoms with van der Waals surface area (Å²) in [5, 5.41) is 2.98. The van der Waals surface area contributed by atoms with Crippen molar-refractivity contribution in [2.24, 2.45) is 10.8 Å². The zero-order valence-electron chi connectivity index (χ0n) is 10.2. The molecular weight excluding hydrogens is 222 g/mol. The van der Waals surface area contributed by atoms with Crippen LogP contribution in [0.2, 0.25) is 0 Å². The SMILES string of the molecule is CCc1cnc(CN=C(NN)NCCOC)o1. The van der Waals surface area contributed by atoms with Crippen molar-refractivity contribution < 1.29 is 9.15 Å². The fourth-order valence-corrected chi connectivity index (χ4v) is 1.16. The van der Waals surface area contributed by atoms with E-state index in [0.717, 1.165) is 12.2 Å². The molecule has 0 bridgehead atoms. The molecule has 1 aromatic heterocycles. The maximum atomic E-state index is 5.41. The van der Waals surface area contributed by atoms with Gasteiger partial charge < -0.3 is 14.5 Å². The van der Waals surface area contributed by atoms with Gasteiger partial charge in [0.2, 0.25) is 11.9 Å². The molecule has 7 nitrogen and oxygen atoms in total. The van der Waals surface area contributed by atoms with Crippen LogP contribution in [0.5, 0.6) is 0 Å². The number of oxazole rings is 1. The number of ether oxygens (including phenoxy) is 1. The zero-order chi connectivity index (χ0) is 12.5. The fourth-order valence-electron chi connectivity index (χ4n) is 1.16. The number of hydrogen-bond donors (Lipinski definition) is 3. The van der Waals surface area contributed by atoms with Crippen molar-refractivity contribution in [3.8, 4) is 0 Å². The molecule has 4 N–H and O–H groups in total. The van der Waals surface area contributed by atoms with E-state index >= 15 is 0 Å². The van der Waals surface area contributed by atoms with Crippen LogP contribution in [0.3, 0.4) is 0 Å². The van der Waals surface area contributed by atoms with E-state index < -0.39 is 0 Å². The van der Waals surface area contributed by atoms with E-state index in [9.17, 15) is 0 Å². The maximum absolute atomic E-state index is 5.41. The molecule has 0 fully saturated rings. The third-order valence-electron chi connectivity index (χ3n) is 2.06. The number of rotatable bonds is 6. The van der Waals surface area contributed by atoms with Crippen molar-refractivity contribution in [1.82, 2.24) is 15.7 Å². The number of hydrogen-bond acceptors (Lipinski definition) is 5. The van der Waals surface area contributed by atoms with Gasteiger partial charge >= 0.3 is 0 Å². The molecule has 17 heavy (non-hydrogen) atoms. The van der Waals surface area contributed by atoms with E-state index in [0.29, 0.717) is 31.5 Å². The molecule has 1 rings (SSSR count). The Kier molecular flexibility index (Phi) is 6.05. The van der Waals surface area contributed by atoms with Crippen molar-refractivity contribution in [2.45, 2.75) is 19.9 Å². The summed E-state index contributed by atoms with van der Waals surface area (Å²) in [5.41, 5.74) is 2.47. The molecular formula is C10H19N5O2. The van der Waals surface area contributed by atoms with Gasteiger partial charge in [0.05, 0.1) is 12.8 Å². The lowest BCUT2D eigenvalue weighted by molar-refractivity contribution is 0.203. The average Bonchev–Trinajstić information content (AvgIpc) is 2.81. The van der Waals surface area contributed by atoms with Crippen molar-refractivity contribution in [2.75, 3.05) is 20.3 Å². The molecule has 0 saturated carbocycles. The highest BCUT2D eigenvalue weighted by molar-refractivity contribution is 5.79. The molecule has 1 heterocycles. The van der Waals surface area contributed by atoms with Crippen molar-refractivity contribution in [1.29, 1.82) is 0 Å². The van der Waals surface area contributed by atoms with Crippen LogP contribution in [0.1, 0.15) is 18.6 Å². The minimum absolute atomic E-state index is 0.347. The fraction of sp³-hybridized carbons (Fsp3) is 0.600. The summed E-state index contributed by atoms with van der Waals surface area (Å²) in [6.07, 6.45) is 2.53. The minimum Gasteiger partial charge on any atom is -0.444 e. The Bertz CT molecular complexity index is 350. The molecule has 0 atom stereocenters. The first kappa shape index (κ1) is 13.5. The molecule has 0 aliphatic carbocycles. The number of nitrogens with one attached hydrogen (secondary N) is 2. The summed E-state index contributed by atoms with van der Waals surface area (Å²) < 4.78 is 10.3. The smallest absolute Gasteiger partial charge is 0.216 e. The Morgan fingerprint density at radius 2 is 2.47 bits per heavy atom. The summed E-state index contributed by atoms with van der Waals surface area (Å²) in [7, 11) is 1.63. The Balaban J connectivity index is 2.43. The summed E-state index contributed by atoms with van der Waals surface area (Å²) in [6.45, 7) is 3.57. The molecule has 0 unspecified atom stereocenters. The quantitative estimate of drug-likeness (QED) is 0.210. The highest BCUT2D eigenvalue weighted by Crippen LogP contribution is 2.04. The first-order valence-corrected chi connectivity index (χ1v) is 5.47. The Labute approximate surface area is 100 Å². The van der Waals surface area contributed by atoms with Crippen LogP contribution in [0.25, 0.3) is 0 Å². The first-order valence-electron chi connectivity index (χ1n) is 5.47. The van der Waals surface area contributed by atoms with Gasteiger partial charge in [-0.25, -0.2) is 15.8 Å². The lowest BCUT2D eigenvalue weighted by atomic mass is 10.4. The van der Waals surface area contributed by atoms with Crippen molar-refractivity contribution in [3.63, 3.8) is 0 Å². The van der Waals surface area contributed by atoms with Crippen LogP contribution in [0.15, 0.2) is 15.6 Å². The van der Waals surface area contributed by atoms with Crippen molar-refractivity contribution >= 4 is 5.96 Å². The third-order valence-corrected chi connectivity index (χ3v) is 2.06. The normalized spacial score (nSPS) is 11.6. The Morgan fingerprint density at radius 3 is 3.06 bits per heavy atom. The van der Waals surface area contributed by atoms with Gasteiger partial charge in [-0.3, -0.25) is 5.43 Å². The molecule has 0 spiro atoms. The van der Waals surface area contributed by atoms with Gasteiger partial charge in [-0.05, 0) is 0 Å². The summed E-state index contributed by atoms with van der Waals surface area (Å²) in [4.78, 5) is 8.28. The number of guanidine groups is 1. The average molecular weight is 241 g/mol. The lowest BCUT2D eigenvalue weighted by Crippen LogP contribution is -2.42. The third kappa shape index (κ3) is 4.83. The second-order valence-corrected chi connectivity index (χ2v) is 3.30. The van der Waals surface area contributed by atoms with E-state index in [1.165, 1.54) is 0 Å². The maximum Gasteiger partial charge on any atom is 0.216 e. The number of nitrogens with two attached hydrogens (primary N) is 1. The molecule has 0 aliphatic heterocycles. The molecule has 0 aromatic carbocycles. The minimum atomic E-state index is 0.347. The van der Waals surface area contributed by atoms with Crippen LogP contribution in [0.4, 0.5) is 0 Å². The molecule has 96 valence electrons. The number of aliphatic imine (C=N–C) groups is 1. The van der Waals surface area contributed by atoms with Crippen molar-refractivity contribution in [3.05, 3.63) is 17.8 Å². The van der Waals surface area contributed by atoms with Crippen LogP contribution in [-0.4, -0.2) is 31.2 Å². The van der Waals surface area contributed by atoms with Gasteiger partial charge in [-0.1, -0.05) is 6.92 Å². The number of nitrogens with zero attached hydrogens (tertiary/aromatic N) is 2. The topological polar surface area (TPSA) is 97.7 Å². The largest absolute Gasteiger partial charge is 0.444 e. The number of methoxy groups -OCH3 is 1. The van der Waals surface area contributed by atoms with E-state index in [2.05, 4.69) is 20.7 Å². The Hall–Kier alpha value is -1.60. The highest BCUT2D eigenvalue weighted by Gasteiger charge is 2.02. The van der Waals surface area contributed by atoms with Gasteiger partial charge in [0.25, 0.3) is 0 Å². The number of aryl methyl sites for hydroxylation is 1. The van der Waals surface area contributed by atoms with Gasteiger partial charge in [0.15, 0.2) is 0 Å². The standard InChI is InChI=1S/C10H19N5O2/c1-3-8-6-13-9(17-8)7-14-10(15-11)12-4-5-16-2/h6H,3-5,7,11H2,1-2H3,(H2,12,14,15). The number of hydrazine groups is 1. The molecule has 0 amide bonds. The summed E-state index contributed by atoms with van der Waals surface area (Å²) in [6, 6.07) is 0. The molecule has 1 aromatic rings. The molecule has 7 heteroatoms. The predicted molar refractivity (Wildman–Crippen MR) is 64.2 cm³/mol.